The van der Waals surface area contributed by atoms with Gasteiger partial charge < -0.3 is 0 Å². The molecule has 2 aromatic rings. The van der Waals surface area contributed by atoms with Gasteiger partial charge in [-0.15, -0.1) is 0 Å². The van der Waals surface area contributed by atoms with Gasteiger partial charge in [0.25, 0.3) is 5.95 Å². The quantitative estimate of drug-likeness (QED) is 0.841. The molecule has 0 aromatic carbocycles. The van der Waals surface area contributed by atoms with Gasteiger partial charge in [-0.3, -0.25) is 0 Å². The molecule has 0 aliphatic heterocycles. The number of nitrogens with zero attached hydrogens (tertiary/aromatic N) is 4. The zero-order valence-electron chi connectivity index (χ0n) is 14.5. The lowest BCUT2D eigenvalue weighted by atomic mass is 9.84. The van der Waals surface area contributed by atoms with Crippen molar-refractivity contribution in [2.75, 3.05) is 0 Å². The van der Waals surface area contributed by atoms with E-state index in [4.69, 9.17) is 0 Å². The molecule has 130 valence electrons. The van der Waals surface area contributed by atoms with E-state index in [0.717, 1.165) is 35.6 Å². The molecule has 0 spiro atoms. The smallest absolute Gasteiger partial charge is 0.216 e. The molecule has 1 saturated carbocycles. The summed E-state index contributed by atoms with van der Waals surface area (Å²) >= 11 is 0. The predicted molar refractivity (Wildman–Crippen MR) is 88.6 cm³/mol. The minimum absolute atomic E-state index is 0.00702. The van der Waals surface area contributed by atoms with Gasteiger partial charge in [-0.2, -0.15) is 5.10 Å². The molecule has 0 bridgehead atoms. The van der Waals surface area contributed by atoms with Crippen LogP contribution in [0.1, 0.15) is 55.4 Å². The molecule has 1 aliphatic carbocycles. The first kappa shape index (κ1) is 17.0. The molecule has 0 unspecified atom stereocenters. The van der Waals surface area contributed by atoms with Crippen molar-refractivity contribution in [1.29, 1.82) is 0 Å². The second-order valence-corrected chi connectivity index (χ2v) is 6.85. The monoisotopic (exact) mass is 334 g/mol. The summed E-state index contributed by atoms with van der Waals surface area (Å²) in [6.45, 7) is 5.96. The van der Waals surface area contributed by atoms with Crippen molar-refractivity contribution in [1.82, 2.24) is 19.7 Å². The first-order valence-corrected chi connectivity index (χ1v) is 8.64. The van der Waals surface area contributed by atoms with Gasteiger partial charge in [-0.1, -0.05) is 6.92 Å². The molecule has 6 heteroatoms. The Hall–Kier alpha value is -1.85. The number of hydrogen-bond acceptors (Lipinski definition) is 3. The molecule has 4 nitrogen and oxygen atoms in total. The first-order valence-electron chi connectivity index (χ1n) is 8.64. The molecular weight excluding hydrogens is 310 g/mol. The van der Waals surface area contributed by atoms with Gasteiger partial charge in [-0.25, -0.2) is 23.4 Å². The number of aromatic nitrogens is 4. The van der Waals surface area contributed by atoms with E-state index in [1.807, 2.05) is 26.0 Å². The molecule has 0 atom stereocenters. The Morgan fingerprint density at radius 3 is 2.50 bits per heavy atom. The molecule has 1 aliphatic rings. The fraction of sp³-hybridized carbons (Fsp3) is 0.611. The Morgan fingerprint density at radius 2 is 1.83 bits per heavy atom. The van der Waals surface area contributed by atoms with Gasteiger partial charge in [0, 0.05) is 29.9 Å². The highest BCUT2D eigenvalue weighted by atomic mass is 19.3. The topological polar surface area (TPSA) is 43.6 Å². The average molecular weight is 334 g/mol. The lowest BCUT2D eigenvalue weighted by Gasteiger charge is -2.28. The van der Waals surface area contributed by atoms with Gasteiger partial charge in [-0.05, 0) is 57.6 Å². The molecule has 0 radical (unpaired) electrons. The second kappa shape index (κ2) is 6.57. The number of hydrogen-bond donors (Lipinski definition) is 0. The normalized spacial score (nSPS) is 18.0. The van der Waals surface area contributed by atoms with Crippen molar-refractivity contribution >= 4 is 0 Å². The van der Waals surface area contributed by atoms with E-state index in [9.17, 15) is 8.78 Å². The number of alkyl halides is 2. The standard InChI is InChI=1S/C18H24F2N4/c1-4-16-10-13(3)23-24(16)17-21-12(2)9-15(22-17)11-14-5-7-18(19,20)8-6-14/h9-10,14H,4-8,11H2,1-3H3. The van der Waals surface area contributed by atoms with Crippen LogP contribution < -0.4 is 0 Å². The number of rotatable bonds is 4. The maximum atomic E-state index is 13.3. The molecule has 24 heavy (non-hydrogen) atoms. The summed E-state index contributed by atoms with van der Waals surface area (Å²) in [7, 11) is 0. The third-order valence-electron chi connectivity index (χ3n) is 4.69. The highest BCUT2D eigenvalue weighted by molar-refractivity contribution is 5.23. The van der Waals surface area contributed by atoms with Crippen molar-refractivity contribution < 1.29 is 8.78 Å². The van der Waals surface area contributed by atoms with Crippen molar-refractivity contribution in [3.8, 4) is 5.95 Å². The largest absolute Gasteiger partial charge is 0.251 e. The van der Waals surface area contributed by atoms with Gasteiger partial charge in [0.15, 0.2) is 0 Å². The van der Waals surface area contributed by atoms with Crippen molar-refractivity contribution in [2.45, 2.75) is 65.2 Å². The zero-order chi connectivity index (χ0) is 17.3. The summed E-state index contributed by atoms with van der Waals surface area (Å²) in [4.78, 5) is 9.17. The van der Waals surface area contributed by atoms with E-state index < -0.39 is 5.92 Å². The summed E-state index contributed by atoms with van der Waals surface area (Å²) < 4.78 is 28.4. The summed E-state index contributed by atoms with van der Waals surface area (Å²) in [6, 6.07) is 3.99. The minimum atomic E-state index is -2.48. The van der Waals surface area contributed by atoms with Crippen LogP contribution in [0.25, 0.3) is 5.95 Å². The van der Waals surface area contributed by atoms with Crippen LogP contribution in [0.3, 0.4) is 0 Å². The maximum Gasteiger partial charge on any atom is 0.251 e. The molecular formula is C18H24F2N4. The average Bonchev–Trinajstić information content (AvgIpc) is 2.90. The Balaban J connectivity index is 1.82. The summed E-state index contributed by atoms with van der Waals surface area (Å²) in [6.07, 6.45) is 2.69. The van der Waals surface area contributed by atoms with Crippen LogP contribution in [0.2, 0.25) is 0 Å². The zero-order valence-corrected chi connectivity index (χ0v) is 14.5. The van der Waals surface area contributed by atoms with Crippen molar-refractivity contribution in [2.24, 2.45) is 5.92 Å². The lowest BCUT2D eigenvalue weighted by Crippen LogP contribution is -2.25. The van der Waals surface area contributed by atoms with Crippen molar-refractivity contribution in [3.05, 3.63) is 34.9 Å². The van der Waals surface area contributed by atoms with E-state index in [1.165, 1.54) is 0 Å². The second-order valence-electron chi connectivity index (χ2n) is 6.85. The molecule has 3 rings (SSSR count). The van der Waals surface area contributed by atoms with Crippen LogP contribution in [-0.2, 0) is 12.8 Å². The van der Waals surface area contributed by atoms with Gasteiger partial charge in [0.2, 0.25) is 5.92 Å². The molecule has 1 fully saturated rings. The SMILES string of the molecule is CCc1cc(C)nn1-c1nc(C)cc(CC2CCC(F)(F)CC2)n1. The van der Waals surface area contributed by atoms with Gasteiger partial charge >= 0.3 is 0 Å². The van der Waals surface area contributed by atoms with E-state index in [0.29, 0.717) is 18.8 Å². The highest BCUT2D eigenvalue weighted by Gasteiger charge is 2.34. The highest BCUT2D eigenvalue weighted by Crippen LogP contribution is 2.37. The molecule has 2 heterocycles. The minimum Gasteiger partial charge on any atom is -0.216 e. The fourth-order valence-corrected chi connectivity index (χ4v) is 3.39. The Bertz CT molecular complexity index is 714. The summed E-state index contributed by atoms with van der Waals surface area (Å²) in [5.74, 6) is -1.63. The summed E-state index contributed by atoms with van der Waals surface area (Å²) in [5, 5.41) is 4.49. The lowest BCUT2D eigenvalue weighted by molar-refractivity contribution is -0.0457. The van der Waals surface area contributed by atoms with E-state index in [-0.39, 0.29) is 18.8 Å². The number of halogens is 2. The Morgan fingerprint density at radius 1 is 1.12 bits per heavy atom. The van der Waals surface area contributed by atoms with Gasteiger partial charge in [0.05, 0.1) is 5.69 Å². The molecule has 0 N–H and O–H groups in total. The molecule has 2 aromatic heterocycles. The molecule has 0 saturated heterocycles. The first-order chi connectivity index (χ1) is 11.4. The van der Waals surface area contributed by atoms with Crippen LogP contribution in [0.5, 0.6) is 0 Å². The predicted octanol–water partition coefficient (Wildman–Crippen LogP) is 4.21. The third-order valence-corrected chi connectivity index (χ3v) is 4.69. The van der Waals surface area contributed by atoms with E-state index >= 15 is 0 Å². The Labute approximate surface area is 141 Å². The van der Waals surface area contributed by atoms with Crippen molar-refractivity contribution in [3.63, 3.8) is 0 Å². The van der Waals surface area contributed by atoms with E-state index in [1.54, 1.807) is 4.68 Å². The van der Waals surface area contributed by atoms with Crippen LogP contribution in [0, 0.1) is 19.8 Å². The third kappa shape index (κ3) is 3.79. The maximum absolute atomic E-state index is 13.3. The van der Waals surface area contributed by atoms with Crippen LogP contribution in [-0.4, -0.2) is 25.7 Å². The fourth-order valence-electron chi connectivity index (χ4n) is 3.39. The van der Waals surface area contributed by atoms with Crippen LogP contribution >= 0.6 is 0 Å². The van der Waals surface area contributed by atoms with Crippen LogP contribution in [0.15, 0.2) is 12.1 Å². The Kier molecular flexibility index (Phi) is 4.65. The van der Waals surface area contributed by atoms with E-state index in [2.05, 4.69) is 22.0 Å². The van der Waals surface area contributed by atoms with Crippen LogP contribution in [0.4, 0.5) is 8.78 Å². The van der Waals surface area contributed by atoms with Gasteiger partial charge in [0.1, 0.15) is 0 Å². The number of aryl methyl sites for hydroxylation is 3. The molecule has 0 amide bonds. The summed E-state index contributed by atoms with van der Waals surface area (Å²) in [5.41, 5.74) is 3.81.